The van der Waals surface area contributed by atoms with Crippen LogP contribution in [0, 0.1) is 0 Å². The average molecular weight is 227 g/mol. The molecule has 1 aliphatic heterocycles. The topological polar surface area (TPSA) is 18.5 Å². The van der Waals surface area contributed by atoms with Gasteiger partial charge in [-0.25, -0.2) is 0 Å². The third-order valence-electron chi connectivity index (χ3n) is 3.66. The molecule has 0 aromatic heterocycles. The van der Waals surface area contributed by atoms with Gasteiger partial charge in [0.2, 0.25) is 0 Å². The zero-order valence-corrected chi connectivity index (χ0v) is 11.3. The first-order chi connectivity index (χ1) is 7.77. The van der Waals surface area contributed by atoms with E-state index in [1.165, 1.54) is 58.5 Å². The van der Waals surface area contributed by atoms with E-state index < -0.39 is 0 Å². The first-order valence-electron chi connectivity index (χ1n) is 6.89. The van der Waals surface area contributed by atoms with E-state index in [0.717, 1.165) is 6.04 Å². The summed E-state index contributed by atoms with van der Waals surface area (Å²) in [5, 5.41) is 3.21. The number of nitrogens with zero attached hydrogens (tertiary/aromatic N) is 2. The molecule has 96 valence electrons. The van der Waals surface area contributed by atoms with Crippen molar-refractivity contribution in [1.82, 2.24) is 15.1 Å². The van der Waals surface area contributed by atoms with Crippen LogP contribution in [0.15, 0.2) is 0 Å². The van der Waals surface area contributed by atoms with Crippen molar-refractivity contribution in [2.24, 2.45) is 0 Å². The zero-order valence-electron chi connectivity index (χ0n) is 11.3. The molecular weight excluding hydrogens is 198 g/mol. The van der Waals surface area contributed by atoms with Crippen LogP contribution in [0.1, 0.15) is 33.1 Å². The van der Waals surface area contributed by atoms with Gasteiger partial charge in [0, 0.05) is 25.7 Å². The highest BCUT2D eigenvalue weighted by Crippen LogP contribution is 2.09. The molecule has 1 saturated heterocycles. The normalized spacial score (nSPS) is 23.8. The highest BCUT2D eigenvalue weighted by Gasteiger charge is 2.21. The summed E-state index contributed by atoms with van der Waals surface area (Å²) in [7, 11) is 2.03. The van der Waals surface area contributed by atoms with Crippen molar-refractivity contribution in [3.63, 3.8) is 0 Å². The molecule has 0 amide bonds. The van der Waals surface area contributed by atoms with E-state index in [1.807, 2.05) is 7.05 Å². The Kier molecular flexibility index (Phi) is 7.01. The molecule has 1 unspecified atom stereocenters. The Bertz CT molecular complexity index is 173. The third-order valence-corrected chi connectivity index (χ3v) is 3.66. The molecular formula is C13H29N3. The van der Waals surface area contributed by atoms with Crippen LogP contribution < -0.4 is 5.32 Å². The quantitative estimate of drug-likeness (QED) is 0.663. The first-order valence-corrected chi connectivity index (χ1v) is 6.89. The second-order valence-corrected chi connectivity index (χ2v) is 4.94. The molecule has 1 fully saturated rings. The molecule has 3 heteroatoms. The molecule has 0 aromatic rings. The molecule has 0 spiro atoms. The minimum absolute atomic E-state index is 0.746. The van der Waals surface area contributed by atoms with Gasteiger partial charge in [-0.3, -0.25) is 4.90 Å². The van der Waals surface area contributed by atoms with E-state index in [4.69, 9.17) is 0 Å². The molecule has 0 radical (unpaired) electrons. The summed E-state index contributed by atoms with van der Waals surface area (Å²) in [6, 6.07) is 0.746. The number of nitrogens with one attached hydrogen (secondary N) is 1. The van der Waals surface area contributed by atoms with Gasteiger partial charge in [-0.05, 0) is 46.4 Å². The molecule has 0 saturated carbocycles. The smallest absolute Gasteiger partial charge is 0.0195 e. The number of likely N-dealkylation sites (N-methyl/N-ethyl adjacent to an activating group) is 1. The SMILES string of the molecule is CCN1CCN(CCCCCNC)CC1C. The van der Waals surface area contributed by atoms with Crippen molar-refractivity contribution in [3.05, 3.63) is 0 Å². The monoisotopic (exact) mass is 227 g/mol. The lowest BCUT2D eigenvalue weighted by atomic mass is 10.1. The van der Waals surface area contributed by atoms with Crippen LogP contribution in [0.5, 0.6) is 0 Å². The minimum Gasteiger partial charge on any atom is -0.320 e. The van der Waals surface area contributed by atoms with Gasteiger partial charge in [0.05, 0.1) is 0 Å². The molecule has 1 heterocycles. The lowest BCUT2D eigenvalue weighted by Crippen LogP contribution is -2.51. The van der Waals surface area contributed by atoms with Gasteiger partial charge in [-0.15, -0.1) is 0 Å². The van der Waals surface area contributed by atoms with E-state index in [2.05, 4.69) is 29.0 Å². The van der Waals surface area contributed by atoms with E-state index >= 15 is 0 Å². The van der Waals surface area contributed by atoms with Crippen LogP contribution in [0.4, 0.5) is 0 Å². The Morgan fingerprint density at radius 3 is 2.62 bits per heavy atom. The maximum Gasteiger partial charge on any atom is 0.0195 e. The van der Waals surface area contributed by atoms with Crippen molar-refractivity contribution in [2.75, 3.05) is 46.3 Å². The highest BCUT2D eigenvalue weighted by molar-refractivity contribution is 4.77. The number of hydrogen-bond donors (Lipinski definition) is 1. The Labute approximate surface area is 101 Å². The van der Waals surface area contributed by atoms with Gasteiger partial charge >= 0.3 is 0 Å². The van der Waals surface area contributed by atoms with Crippen molar-refractivity contribution in [2.45, 2.75) is 39.2 Å². The van der Waals surface area contributed by atoms with Crippen molar-refractivity contribution >= 4 is 0 Å². The largest absolute Gasteiger partial charge is 0.320 e. The fourth-order valence-electron chi connectivity index (χ4n) is 2.56. The van der Waals surface area contributed by atoms with Crippen molar-refractivity contribution in [1.29, 1.82) is 0 Å². The maximum absolute atomic E-state index is 3.21. The summed E-state index contributed by atoms with van der Waals surface area (Å²) in [5.74, 6) is 0. The zero-order chi connectivity index (χ0) is 11.8. The Morgan fingerprint density at radius 1 is 1.19 bits per heavy atom. The first kappa shape index (κ1) is 13.9. The van der Waals surface area contributed by atoms with Crippen LogP contribution in [-0.2, 0) is 0 Å². The predicted octanol–water partition coefficient (Wildman–Crippen LogP) is 1.40. The molecule has 1 N–H and O–H groups in total. The molecule has 0 bridgehead atoms. The fraction of sp³-hybridized carbons (Fsp3) is 1.00. The Balaban J connectivity index is 2.06. The van der Waals surface area contributed by atoms with Crippen LogP contribution >= 0.6 is 0 Å². The van der Waals surface area contributed by atoms with Crippen molar-refractivity contribution < 1.29 is 0 Å². The van der Waals surface area contributed by atoms with Gasteiger partial charge in [-0.1, -0.05) is 13.3 Å². The maximum atomic E-state index is 3.21. The molecule has 1 rings (SSSR count). The number of piperazine rings is 1. The lowest BCUT2D eigenvalue weighted by Gasteiger charge is -2.39. The molecule has 16 heavy (non-hydrogen) atoms. The minimum atomic E-state index is 0.746. The van der Waals surface area contributed by atoms with Gasteiger partial charge < -0.3 is 10.2 Å². The van der Waals surface area contributed by atoms with Crippen LogP contribution in [-0.4, -0.2) is 62.2 Å². The van der Waals surface area contributed by atoms with Crippen LogP contribution in [0.3, 0.4) is 0 Å². The summed E-state index contributed by atoms with van der Waals surface area (Å²) in [6.45, 7) is 12.1. The summed E-state index contributed by atoms with van der Waals surface area (Å²) in [6.07, 6.45) is 4.05. The fourth-order valence-corrected chi connectivity index (χ4v) is 2.56. The second kappa shape index (κ2) is 8.04. The van der Waals surface area contributed by atoms with Gasteiger partial charge in [0.15, 0.2) is 0 Å². The van der Waals surface area contributed by atoms with Crippen LogP contribution in [0.2, 0.25) is 0 Å². The van der Waals surface area contributed by atoms with Gasteiger partial charge in [0.1, 0.15) is 0 Å². The summed E-state index contributed by atoms with van der Waals surface area (Å²) in [5.41, 5.74) is 0. The standard InChI is InChI=1S/C13H29N3/c1-4-16-11-10-15(12-13(16)2)9-7-5-6-8-14-3/h13-14H,4-12H2,1-3H3. The van der Waals surface area contributed by atoms with E-state index in [-0.39, 0.29) is 0 Å². The molecule has 1 aliphatic rings. The van der Waals surface area contributed by atoms with Gasteiger partial charge in [-0.2, -0.15) is 0 Å². The Morgan fingerprint density at radius 2 is 2.00 bits per heavy atom. The molecule has 1 atom stereocenters. The molecule has 3 nitrogen and oxygen atoms in total. The molecule has 0 aromatic carbocycles. The Hall–Kier alpha value is -0.120. The number of hydrogen-bond acceptors (Lipinski definition) is 3. The number of unbranched alkanes of at least 4 members (excludes halogenated alkanes) is 2. The lowest BCUT2D eigenvalue weighted by molar-refractivity contribution is 0.0869. The summed E-state index contributed by atoms with van der Waals surface area (Å²) in [4.78, 5) is 5.22. The summed E-state index contributed by atoms with van der Waals surface area (Å²) >= 11 is 0. The summed E-state index contributed by atoms with van der Waals surface area (Å²) < 4.78 is 0. The van der Waals surface area contributed by atoms with Gasteiger partial charge in [0.25, 0.3) is 0 Å². The number of rotatable bonds is 7. The van der Waals surface area contributed by atoms with Crippen molar-refractivity contribution in [3.8, 4) is 0 Å². The van der Waals surface area contributed by atoms with E-state index in [0.29, 0.717) is 0 Å². The van der Waals surface area contributed by atoms with Crippen LogP contribution in [0.25, 0.3) is 0 Å². The van der Waals surface area contributed by atoms with E-state index in [1.54, 1.807) is 0 Å². The second-order valence-electron chi connectivity index (χ2n) is 4.94. The highest BCUT2D eigenvalue weighted by atomic mass is 15.3. The third kappa shape index (κ3) is 4.81. The average Bonchev–Trinajstić information content (AvgIpc) is 2.29. The van der Waals surface area contributed by atoms with E-state index in [9.17, 15) is 0 Å². The predicted molar refractivity (Wildman–Crippen MR) is 70.9 cm³/mol. The molecule has 0 aliphatic carbocycles.